The normalized spacial score (nSPS) is 12.0. The summed E-state index contributed by atoms with van der Waals surface area (Å²) in [7, 11) is -3.82. The Hall–Kier alpha value is -2.13. The van der Waals surface area contributed by atoms with Crippen LogP contribution in [0.3, 0.4) is 0 Å². The standard InChI is InChI=1S/C17H22N4O3S2/c1-5-14-16(21-17(18-14)25-15(19-21)11(3)4)26(22,23)20-12-7-9-13(10-8-12)24-6-2/h7-11,20H,5-6H2,1-4H3. The van der Waals surface area contributed by atoms with Crippen LogP contribution >= 0.6 is 11.3 Å². The van der Waals surface area contributed by atoms with Gasteiger partial charge in [0.1, 0.15) is 10.8 Å². The summed E-state index contributed by atoms with van der Waals surface area (Å²) in [6.07, 6.45) is 0.507. The molecule has 0 atom stereocenters. The van der Waals surface area contributed by atoms with E-state index in [0.717, 1.165) is 5.01 Å². The van der Waals surface area contributed by atoms with Gasteiger partial charge in [-0.15, -0.1) is 0 Å². The molecule has 0 unspecified atom stereocenters. The fourth-order valence-corrected chi connectivity index (χ4v) is 4.88. The Morgan fingerprint density at radius 1 is 1.23 bits per heavy atom. The molecule has 0 amide bonds. The number of ether oxygens (including phenoxy) is 1. The van der Waals surface area contributed by atoms with E-state index in [4.69, 9.17) is 4.74 Å². The van der Waals surface area contributed by atoms with E-state index in [1.54, 1.807) is 24.3 Å². The number of nitrogens with one attached hydrogen (secondary N) is 1. The van der Waals surface area contributed by atoms with Crippen molar-refractivity contribution in [1.29, 1.82) is 0 Å². The van der Waals surface area contributed by atoms with Crippen molar-refractivity contribution < 1.29 is 13.2 Å². The average molecular weight is 395 g/mol. The van der Waals surface area contributed by atoms with E-state index in [1.807, 2.05) is 27.7 Å². The van der Waals surface area contributed by atoms with E-state index in [9.17, 15) is 8.42 Å². The van der Waals surface area contributed by atoms with E-state index in [2.05, 4.69) is 14.8 Å². The molecular formula is C17H22N4O3S2. The lowest BCUT2D eigenvalue weighted by molar-refractivity contribution is 0.340. The first-order chi connectivity index (χ1) is 12.4. The Bertz CT molecular complexity index is 1000. The van der Waals surface area contributed by atoms with E-state index in [1.165, 1.54) is 15.9 Å². The van der Waals surface area contributed by atoms with Crippen molar-refractivity contribution in [3.63, 3.8) is 0 Å². The number of sulfonamides is 1. The molecule has 0 aliphatic carbocycles. The molecule has 0 bridgehead atoms. The highest BCUT2D eigenvalue weighted by Gasteiger charge is 2.27. The van der Waals surface area contributed by atoms with Gasteiger partial charge >= 0.3 is 0 Å². The number of rotatable bonds is 7. The van der Waals surface area contributed by atoms with Crippen LogP contribution in [-0.2, 0) is 16.4 Å². The molecule has 2 aromatic heterocycles. The summed E-state index contributed by atoms with van der Waals surface area (Å²) in [5.74, 6) is 0.902. The lowest BCUT2D eigenvalue weighted by Gasteiger charge is -2.09. The molecule has 0 spiro atoms. The minimum absolute atomic E-state index is 0.104. The monoisotopic (exact) mass is 394 g/mol. The third-order valence-electron chi connectivity index (χ3n) is 3.75. The molecule has 1 N–H and O–H groups in total. The van der Waals surface area contributed by atoms with Crippen molar-refractivity contribution in [1.82, 2.24) is 14.6 Å². The number of imidazole rings is 1. The fraction of sp³-hybridized carbons (Fsp3) is 0.412. The van der Waals surface area contributed by atoms with Gasteiger partial charge in [-0.3, -0.25) is 4.72 Å². The second-order valence-corrected chi connectivity index (χ2v) is 8.65. The van der Waals surface area contributed by atoms with Crippen LogP contribution in [0.4, 0.5) is 5.69 Å². The Balaban J connectivity index is 1.99. The first-order valence-corrected chi connectivity index (χ1v) is 10.8. The van der Waals surface area contributed by atoms with E-state index < -0.39 is 10.0 Å². The second kappa shape index (κ2) is 7.24. The highest BCUT2D eigenvalue weighted by Crippen LogP contribution is 2.28. The van der Waals surface area contributed by atoms with Gasteiger partial charge < -0.3 is 4.74 Å². The summed E-state index contributed by atoms with van der Waals surface area (Å²) >= 11 is 1.42. The summed E-state index contributed by atoms with van der Waals surface area (Å²) in [5.41, 5.74) is 0.974. The lowest BCUT2D eigenvalue weighted by atomic mass is 10.2. The van der Waals surface area contributed by atoms with Crippen molar-refractivity contribution in [2.75, 3.05) is 11.3 Å². The van der Waals surface area contributed by atoms with Crippen molar-refractivity contribution in [3.05, 3.63) is 35.0 Å². The van der Waals surface area contributed by atoms with Crippen LogP contribution in [0.5, 0.6) is 5.75 Å². The van der Waals surface area contributed by atoms with Crippen LogP contribution in [0.15, 0.2) is 29.3 Å². The van der Waals surface area contributed by atoms with Crippen LogP contribution < -0.4 is 9.46 Å². The van der Waals surface area contributed by atoms with Crippen LogP contribution in [0.25, 0.3) is 4.96 Å². The highest BCUT2D eigenvalue weighted by molar-refractivity contribution is 7.92. The topological polar surface area (TPSA) is 85.6 Å². The predicted octanol–water partition coefficient (Wildman–Crippen LogP) is 3.68. The van der Waals surface area contributed by atoms with Gasteiger partial charge in [0.05, 0.1) is 12.3 Å². The number of aromatic nitrogens is 3. The minimum atomic E-state index is -3.82. The van der Waals surface area contributed by atoms with Crippen LogP contribution in [0.2, 0.25) is 0 Å². The second-order valence-electron chi connectivity index (χ2n) is 6.07. The summed E-state index contributed by atoms with van der Waals surface area (Å²) < 4.78 is 35.5. The summed E-state index contributed by atoms with van der Waals surface area (Å²) in [6, 6.07) is 6.81. The maximum Gasteiger partial charge on any atom is 0.281 e. The first kappa shape index (κ1) is 18.7. The molecular weight excluding hydrogens is 372 g/mol. The Morgan fingerprint density at radius 3 is 2.50 bits per heavy atom. The average Bonchev–Trinajstić information content (AvgIpc) is 3.13. The molecule has 0 aliphatic heterocycles. The van der Waals surface area contributed by atoms with Crippen molar-refractivity contribution >= 4 is 32.0 Å². The van der Waals surface area contributed by atoms with Gasteiger partial charge in [-0.1, -0.05) is 32.1 Å². The molecule has 2 heterocycles. The molecule has 0 aliphatic rings. The molecule has 26 heavy (non-hydrogen) atoms. The fourth-order valence-electron chi connectivity index (χ4n) is 2.51. The molecule has 0 radical (unpaired) electrons. The van der Waals surface area contributed by atoms with Gasteiger partial charge in [-0.25, -0.2) is 4.98 Å². The van der Waals surface area contributed by atoms with Crippen LogP contribution in [-0.4, -0.2) is 29.6 Å². The lowest BCUT2D eigenvalue weighted by Crippen LogP contribution is -2.17. The Labute approximate surface area is 157 Å². The maximum absolute atomic E-state index is 13.0. The third-order valence-corrected chi connectivity index (χ3v) is 6.38. The molecule has 7 nitrogen and oxygen atoms in total. The number of hydrogen-bond acceptors (Lipinski definition) is 6. The summed E-state index contributed by atoms with van der Waals surface area (Å²) in [4.78, 5) is 5.06. The Kier molecular flexibility index (Phi) is 5.19. The maximum atomic E-state index is 13.0. The SMILES string of the molecule is CCOc1ccc(NS(=O)(=O)c2c(CC)nc3sc(C(C)C)nn23)cc1. The molecule has 1 aromatic carbocycles. The molecule has 0 fully saturated rings. The summed E-state index contributed by atoms with van der Waals surface area (Å²) in [6.45, 7) is 8.37. The van der Waals surface area contributed by atoms with Crippen molar-refractivity contribution in [3.8, 4) is 5.75 Å². The largest absolute Gasteiger partial charge is 0.494 e. The molecule has 3 rings (SSSR count). The van der Waals surface area contributed by atoms with Crippen LogP contribution in [0.1, 0.15) is 44.3 Å². The molecule has 9 heteroatoms. The van der Waals surface area contributed by atoms with Gasteiger partial charge in [0.2, 0.25) is 9.99 Å². The van der Waals surface area contributed by atoms with E-state index in [-0.39, 0.29) is 10.9 Å². The number of fused-ring (bicyclic) bond motifs is 1. The third kappa shape index (κ3) is 3.54. The molecule has 3 aromatic rings. The highest BCUT2D eigenvalue weighted by atomic mass is 32.2. The van der Waals surface area contributed by atoms with E-state index in [0.29, 0.717) is 35.1 Å². The number of nitrogens with zero attached hydrogens (tertiary/aromatic N) is 3. The van der Waals surface area contributed by atoms with E-state index >= 15 is 0 Å². The first-order valence-electron chi connectivity index (χ1n) is 8.49. The zero-order valence-corrected chi connectivity index (χ0v) is 16.8. The van der Waals surface area contributed by atoms with Crippen molar-refractivity contribution in [2.45, 2.75) is 45.1 Å². The zero-order chi connectivity index (χ0) is 18.9. The number of hydrogen-bond donors (Lipinski definition) is 1. The molecule has 0 saturated heterocycles. The van der Waals surface area contributed by atoms with Gasteiger partial charge in [-0.05, 0) is 37.6 Å². The predicted molar refractivity (Wildman–Crippen MR) is 103 cm³/mol. The number of aryl methyl sites for hydroxylation is 1. The molecule has 140 valence electrons. The molecule has 0 saturated carbocycles. The smallest absolute Gasteiger partial charge is 0.281 e. The van der Waals surface area contributed by atoms with Crippen LogP contribution in [0, 0.1) is 0 Å². The zero-order valence-electron chi connectivity index (χ0n) is 15.2. The van der Waals surface area contributed by atoms with Gasteiger partial charge in [-0.2, -0.15) is 18.0 Å². The van der Waals surface area contributed by atoms with Gasteiger partial charge in [0.15, 0.2) is 0 Å². The quantitative estimate of drug-likeness (QED) is 0.661. The van der Waals surface area contributed by atoms with Gasteiger partial charge in [0, 0.05) is 11.6 Å². The number of anilines is 1. The van der Waals surface area contributed by atoms with Gasteiger partial charge in [0.25, 0.3) is 10.0 Å². The Morgan fingerprint density at radius 2 is 1.92 bits per heavy atom. The minimum Gasteiger partial charge on any atom is -0.494 e. The summed E-state index contributed by atoms with van der Waals surface area (Å²) in [5, 5.41) is 5.42. The van der Waals surface area contributed by atoms with Crippen molar-refractivity contribution in [2.24, 2.45) is 0 Å². The number of benzene rings is 1.